The number of hydrogen-bond acceptors (Lipinski definition) is 3. The molecule has 0 fully saturated rings. The van der Waals surface area contributed by atoms with Crippen molar-refractivity contribution in [2.45, 2.75) is 12.5 Å². The van der Waals surface area contributed by atoms with Gasteiger partial charge in [-0.1, -0.05) is 18.2 Å². The normalized spacial score (nSPS) is 13.3. The number of carbonyl (C=O) groups is 1. The zero-order valence-corrected chi connectivity index (χ0v) is 11.9. The van der Waals surface area contributed by atoms with Gasteiger partial charge in [0.2, 0.25) is 5.91 Å². The van der Waals surface area contributed by atoms with Gasteiger partial charge in [-0.25, -0.2) is 4.39 Å². The van der Waals surface area contributed by atoms with Crippen LogP contribution >= 0.6 is 0 Å². The molecule has 1 amide bonds. The summed E-state index contributed by atoms with van der Waals surface area (Å²) in [7, 11) is 1.54. The van der Waals surface area contributed by atoms with E-state index in [0.717, 1.165) is 0 Å². The Kier molecular flexibility index (Phi) is 4.12. The van der Waals surface area contributed by atoms with Crippen molar-refractivity contribution < 1.29 is 13.9 Å². The molecule has 0 heterocycles. The molecule has 0 saturated carbocycles. The smallest absolute Gasteiger partial charge is 0.247 e. The largest absolute Gasteiger partial charge is 0.497 e. The standard InChI is InChI=1S/C16H17FN2O2/c1-16(15(18)20,11-5-3-8-14(9-11)21-2)19-13-7-4-6-12(17)10-13/h3-10,19H,1-2H3,(H2,18,20). The molecule has 1 unspecified atom stereocenters. The van der Waals surface area contributed by atoms with Crippen LogP contribution in [0.5, 0.6) is 5.75 Å². The van der Waals surface area contributed by atoms with Gasteiger partial charge < -0.3 is 15.8 Å². The van der Waals surface area contributed by atoms with Crippen LogP contribution in [0.4, 0.5) is 10.1 Å². The molecule has 0 aromatic heterocycles. The van der Waals surface area contributed by atoms with E-state index in [1.807, 2.05) is 0 Å². The van der Waals surface area contributed by atoms with Crippen molar-refractivity contribution in [3.05, 3.63) is 59.9 Å². The topological polar surface area (TPSA) is 64.3 Å². The highest BCUT2D eigenvalue weighted by Gasteiger charge is 2.33. The summed E-state index contributed by atoms with van der Waals surface area (Å²) in [6.07, 6.45) is 0. The second kappa shape index (κ2) is 5.83. The monoisotopic (exact) mass is 288 g/mol. The van der Waals surface area contributed by atoms with Gasteiger partial charge in [0.15, 0.2) is 0 Å². The summed E-state index contributed by atoms with van der Waals surface area (Å²) in [4.78, 5) is 11.9. The molecular weight excluding hydrogens is 271 g/mol. The lowest BCUT2D eigenvalue weighted by Gasteiger charge is -2.29. The molecule has 0 aliphatic heterocycles. The van der Waals surface area contributed by atoms with E-state index in [1.54, 1.807) is 50.4 Å². The lowest BCUT2D eigenvalue weighted by Crippen LogP contribution is -2.45. The minimum Gasteiger partial charge on any atom is -0.497 e. The van der Waals surface area contributed by atoms with Crippen molar-refractivity contribution in [3.63, 3.8) is 0 Å². The fraction of sp³-hybridized carbons (Fsp3) is 0.188. The van der Waals surface area contributed by atoms with E-state index >= 15 is 0 Å². The molecule has 0 aliphatic carbocycles. The Bertz CT molecular complexity index is 660. The van der Waals surface area contributed by atoms with Gasteiger partial charge in [0.1, 0.15) is 17.1 Å². The van der Waals surface area contributed by atoms with Crippen LogP contribution in [0, 0.1) is 5.82 Å². The van der Waals surface area contributed by atoms with Gasteiger partial charge in [-0.3, -0.25) is 4.79 Å². The van der Waals surface area contributed by atoms with Gasteiger partial charge in [0.05, 0.1) is 7.11 Å². The van der Waals surface area contributed by atoms with Gasteiger partial charge in [-0.15, -0.1) is 0 Å². The van der Waals surface area contributed by atoms with E-state index in [4.69, 9.17) is 10.5 Å². The minimum atomic E-state index is -1.18. The number of hydrogen-bond donors (Lipinski definition) is 2. The lowest BCUT2D eigenvalue weighted by atomic mass is 9.90. The van der Waals surface area contributed by atoms with Crippen molar-refractivity contribution in [2.75, 3.05) is 12.4 Å². The second-order valence-electron chi connectivity index (χ2n) is 4.86. The third kappa shape index (κ3) is 3.13. The molecule has 5 heteroatoms. The van der Waals surface area contributed by atoms with E-state index in [0.29, 0.717) is 17.0 Å². The van der Waals surface area contributed by atoms with Crippen LogP contribution in [0.3, 0.4) is 0 Å². The number of amides is 1. The molecule has 2 aromatic carbocycles. The van der Waals surface area contributed by atoms with E-state index in [1.165, 1.54) is 12.1 Å². The highest BCUT2D eigenvalue weighted by molar-refractivity contribution is 5.89. The van der Waals surface area contributed by atoms with E-state index in [-0.39, 0.29) is 0 Å². The first kappa shape index (κ1) is 14.8. The van der Waals surface area contributed by atoms with E-state index in [9.17, 15) is 9.18 Å². The first-order valence-electron chi connectivity index (χ1n) is 6.44. The zero-order valence-electron chi connectivity index (χ0n) is 11.9. The number of rotatable bonds is 5. The molecule has 0 aliphatic rings. The van der Waals surface area contributed by atoms with Gasteiger partial charge in [-0.05, 0) is 42.8 Å². The van der Waals surface area contributed by atoms with Crippen molar-refractivity contribution in [1.29, 1.82) is 0 Å². The summed E-state index contributed by atoms with van der Waals surface area (Å²) in [5.41, 5.74) is 5.48. The summed E-state index contributed by atoms with van der Waals surface area (Å²) in [5.74, 6) is -0.349. The van der Waals surface area contributed by atoms with Gasteiger partial charge in [0, 0.05) is 5.69 Å². The summed E-state index contributed by atoms with van der Waals surface area (Å²) in [6.45, 7) is 1.65. The lowest BCUT2D eigenvalue weighted by molar-refractivity contribution is -0.122. The Morgan fingerprint density at radius 3 is 2.57 bits per heavy atom. The molecule has 3 N–H and O–H groups in total. The Labute approximate surface area is 122 Å². The third-order valence-electron chi connectivity index (χ3n) is 3.36. The number of carbonyl (C=O) groups excluding carboxylic acids is 1. The van der Waals surface area contributed by atoms with Crippen LogP contribution in [0.1, 0.15) is 12.5 Å². The quantitative estimate of drug-likeness (QED) is 0.889. The highest BCUT2D eigenvalue weighted by atomic mass is 19.1. The van der Waals surface area contributed by atoms with Crippen LogP contribution in [-0.4, -0.2) is 13.0 Å². The predicted octanol–water partition coefficient (Wildman–Crippen LogP) is 2.65. The fourth-order valence-corrected chi connectivity index (χ4v) is 2.07. The molecule has 0 spiro atoms. The maximum atomic E-state index is 13.3. The Morgan fingerprint density at radius 2 is 1.95 bits per heavy atom. The highest BCUT2D eigenvalue weighted by Crippen LogP contribution is 2.28. The maximum Gasteiger partial charge on any atom is 0.247 e. The summed E-state index contributed by atoms with van der Waals surface area (Å²) >= 11 is 0. The molecule has 0 bridgehead atoms. The number of benzene rings is 2. The van der Waals surface area contributed by atoms with Crippen LogP contribution in [0.15, 0.2) is 48.5 Å². The first-order chi connectivity index (χ1) is 9.95. The van der Waals surface area contributed by atoms with Gasteiger partial charge in [-0.2, -0.15) is 0 Å². The fourth-order valence-electron chi connectivity index (χ4n) is 2.07. The summed E-state index contributed by atoms with van der Waals surface area (Å²) in [6, 6.07) is 12.9. The van der Waals surface area contributed by atoms with E-state index < -0.39 is 17.3 Å². The van der Waals surface area contributed by atoms with Gasteiger partial charge in [0.25, 0.3) is 0 Å². The van der Waals surface area contributed by atoms with Crippen molar-refractivity contribution in [3.8, 4) is 5.75 Å². The maximum absolute atomic E-state index is 13.3. The molecular formula is C16H17FN2O2. The zero-order chi connectivity index (χ0) is 15.5. The molecule has 0 radical (unpaired) electrons. The third-order valence-corrected chi connectivity index (χ3v) is 3.36. The van der Waals surface area contributed by atoms with E-state index in [2.05, 4.69) is 5.32 Å². The Hall–Kier alpha value is -2.56. The number of ether oxygens (including phenoxy) is 1. The molecule has 2 aromatic rings. The van der Waals surface area contributed by atoms with Crippen molar-refractivity contribution >= 4 is 11.6 Å². The van der Waals surface area contributed by atoms with Crippen LogP contribution < -0.4 is 15.8 Å². The van der Waals surface area contributed by atoms with Crippen LogP contribution in [0.25, 0.3) is 0 Å². The summed E-state index contributed by atoms with van der Waals surface area (Å²) in [5, 5.41) is 2.99. The Morgan fingerprint density at radius 1 is 1.24 bits per heavy atom. The molecule has 0 saturated heterocycles. The minimum absolute atomic E-state index is 0.391. The molecule has 110 valence electrons. The predicted molar refractivity (Wildman–Crippen MR) is 79.6 cm³/mol. The molecule has 1 atom stereocenters. The van der Waals surface area contributed by atoms with Crippen molar-refractivity contribution in [2.24, 2.45) is 5.73 Å². The summed E-state index contributed by atoms with van der Waals surface area (Å²) < 4.78 is 18.4. The van der Waals surface area contributed by atoms with Gasteiger partial charge >= 0.3 is 0 Å². The van der Waals surface area contributed by atoms with Crippen LogP contribution in [0.2, 0.25) is 0 Å². The molecule has 4 nitrogen and oxygen atoms in total. The SMILES string of the molecule is COc1cccc(C(C)(Nc2cccc(F)c2)C(N)=O)c1. The van der Waals surface area contributed by atoms with Crippen molar-refractivity contribution in [1.82, 2.24) is 0 Å². The number of primary amides is 1. The number of anilines is 1. The number of nitrogens with two attached hydrogens (primary N) is 1. The Balaban J connectivity index is 2.42. The number of methoxy groups -OCH3 is 1. The van der Waals surface area contributed by atoms with Crippen LogP contribution in [-0.2, 0) is 10.3 Å². The molecule has 21 heavy (non-hydrogen) atoms. The average Bonchev–Trinajstić information content (AvgIpc) is 2.47. The second-order valence-corrected chi connectivity index (χ2v) is 4.86. The number of nitrogens with one attached hydrogen (secondary N) is 1. The first-order valence-corrected chi connectivity index (χ1v) is 6.44. The average molecular weight is 288 g/mol. The molecule has 2 rings (SSSR count). The number of halogens is 1.